The van der Waals surface area contributed by atoms with E-state index in [0.717, 1.165) is 28.9 Å². The number of anilines is 2. The third kappa shape index (κ3) is 4.23. The second-order valence-corrected chi connectivity index (χ2v) is 5.99. The quantitative estimate of drug-likeness (QED) is 0.627. The number of nitrogens with one attached hydrogen (secondary N) is 1. The second-order valence-electron chi connectivity index (χ2n) is 4.75. The molecule has 0 spiro atoms. The number of nitrogens with two attached hydrogens (primary N) is 1. The Morgan fingerprint density at radius 2 is 1.90 bits per heavy atom. The number of hydrogen-bond acceptors (Lipinski definition) is 2. The number of carbonyl (C=O) groups is 1. The molecule has 20 heavy (non-hydrogen) atoms. The zero-order chi connectivity index (χ0) is 14.5. The fraction of sp³-hybridized carbons (Fsp3) is 0.188. The lowest BCUT2D eigenvalue weighted by Crippen LogP contribution is -2.13. The first-order valence-electron chi connectivity index (χ1n) is 6.45. The lowest BCUT2D eigenvalue weighted by molar-refractivity contribution is -0.116. The highest BCUT2D eigenvalue weighted by molar-refractivity contribution is 14.1. The van der Waals surface area contributed by atoms with Crippen molar-refractivity contribution in [2.24, 2.45) is 0 Å². The predicted molar refractivity (Wildman–Crippen MR) is 91.7 cm³/mol. The lowest BCUT2D eigenvalue weighted by Gasteiger charge is -2.09. The summed E-state index contributed by atoms with van der Waals surface area (Å²) in [7, 11) is 0. The number of rotatable bonds is 4. The molecule has 0 aromatic heterocycles. The van der Waals surface area contributed by atoms with Crippen LogP contribution in [-0.2, 0) is 11.2 Å². The fourth-order valence-corrected chi connectivity index (χ4v) is 2.57. The van der Waals surface area contributed by atoms with Crippen LogP contribution in [-0.4, -0.2) is 5.91 Å². The van der Waals surface area contributed by atoms with Gasteiger partial charge in [0.2, 0.25) is 5.91 Å². The van der Waals surface area contributed by atoms with Gasteiger partial charge in [0.1, 0.15) is 0 Å². The number of halogens is 1. The molecule has 0 aliphatic heterocycles. The molecule has 0 fully saturated rings. The zero-order valence-electron chi connectivity index (χ0n) is 11.3. The van der Waals surface area contributed by atoms with Gasteiger partial charge >= 0.3 is 0 Å². The summed E-state index contributed by atoms with van der Waals surface area (Å²) in [6.45, 7) is 2.00. The number of aryl methyl sites for hydroxylation is 2. The van der Waals surface area contributed by atoms with Gasteiger partial charge in [0, 0.05) is 21.4 Å². The van der Waals surface area contributed by atoms with E-state index in [2.05, 4.69) is 34.0 Å². The smallest absolute Gasteiger partial charge is 0.224 e. The normalized spacial score (nSPS) is 10.3. The molecule has 0 unspecified atom stereocenters. The lowest BCUT2D eigenvalue weighted by atomic mass is 10.1. The number of hydrogen-bond donors (Lipinski definition) is 2. The molecule has 0 radical (unpaired) electrons. The van der Waals surface area contributed by atoms with E-state index >= 15 is 0 Å². The van der Waals surface area contributed by atoms with E-state index in [1.54, 1.807) is 0 Å². The molecular weight excluding hydrogens is 363 g/mol. The Labute approximate surface area is 132 Å². The van der Waals surface area contributed by atoms with Crippen molar-refractivity contribution in [3.63, 3.8) is 0 Å². The summed E-state index contributed by atoms with van der Waals surface area (Å²) >= 11 is 2.26. The molecule has 0 aliphatic rings. The molecule has 0 saturated heterocycles. The first-order valence-corrected chi connectivity index (χ1v) is 7.53. The van der Waals surface area contributed by atoms with Gasteiger partial charge in [-0.2, -0.15) is 0 Å². The highest BCUT2D eigenvalue weighted by Crippen LogP contribution is 2.18. The average molecular weight is 380 g/mol. The van der Waals surface area contributed by atoms with Gasteiger partial charge in [0.05, 0.1) is 0 Å². The second kappa shape index (κ2) is 6.74. The number of benzene rings is 2. The van der Waals surface area contributed by atoms with Gasteiger partial charge in [-0.3, -0.25) is 4.79 Å². The van der Waals surface area contributed by atoms with Gasteiger partial charge < -0.3 is 11.1 Å². The first-order chi connectivity index (χ1) is 9.54. The average Bonchev–Trinajstić information content (AvgIpc) is 2.41. The maximum absolute atomic E-state index is 12.0. The summed E-state index contributed by atoms with van der Waals surface area (Å²) in [4.78, 5) is 12.0. The van der Waals surface area contributed by atoms with Gasteiger partial charge in [-0.25, -0.2) is 0 Å². The molecule has 1 amide bonds. The van der Waals surface area contributed by atoms with Crippen molar-refractivity contribution in [2.75, 3.05) is 11.1 Å². The Kier molecular flexibility index (Phi) is 5.00. The van der Waals surface area contributed by atoms with E-state index in [-0.39, 0.29) is 5.91 Å². The van der Waals surface area contributed by atoms with Crippen LogP contribution in [0.15, 0.2) is 42.5 Å². The van der Waals surface area contributed by atoms with Crippen molar-refractivity contribution in [1.82, 2.24) is 0 Å². The maximum Gasteiger partial charge on any atom is 0.224 e. The minimum atomic E-state index is 0.0335. The van der Waals surface area contributed by atoms with Gasteiger partial charge in [-0.1, -0.05) is 12.1 Å². The standard InChI is InChI=1S/C16H17IN2O/c1-11-10-13(17)5-8-15(11)19-16(20)9-4-12-2-6-14(18)7-3-12/h2-3,5-8,10H,4,9,18H2,1H3,(H,19,20). The van der Waals surface area contributed by atoms with Crippen molar-refractivity contribution in [2.45, 2.75) is 19.8 Å². The third-order valence-electron chi connectivity index (χ3n) is 3.08. The molecule has 2 aromatic carbocycles. The van der Waals surface area contributed by atoms with E-state index < -0.39 is 0 Å². The molecule has 0 heterocycles. The molecule has 0 bridgehead atoms. The van der Waals surface area contributed by atoms with Crippen LogP contribution in [0.2, 0.25) is 0 Å². The molecule has 0 aliphatic carbocycles. The Bertz CT molecular complexity index is 608. The Balaban J connectivity index is 1.90. The van der Waals surface area contributed by atoms with Crippen molar-refractivity contribution >= 4 is 39.9 Å². The highest BCUT2D eigenvalue weighted by Gasteiger charge is 2.05. The van der Waals surface area contributed by atoms with Crippen LogP contribution in [0.4, 0.5) is 11.4 Å². The molecular formula is C16H17IN2O. The molecule has 104 valence electrons. The van der Waals surface area contributed by atoms with Crippen molar-refractivity contribution in [1.29, 1.82) is 0 Å². The van der Waals surface area contributed by atoms with Gasteiger partial charge in [0.15, 0.2) is 0 Å². The summed E-state index contributed by atoms with van der Waals surface area (Å²) in [5.41, 5.74) is 9.46. The first kappa shape index (κ1) is 14.8. The van der Waals surface area contributed by atoms with Crippen LogP contribution >= 0.6 is 22.6 Å². The van der Waals surface area contributed by atoms with Crippen molar-refractivity contribution in [3.05, 3.63) is 57.2 Å². The molecule has 2 aromatic rings. The number of amides is 1. The maximum atomic E-state index is 12.0. The largest absolute Gasteiger partial charge is 0.399 e. The molecule has 0 atom stereocenters. The molecule has 3 N–H and O–H groups in total. The van der Waals surface area contributed by atoms with E-state index in [9.17, 15) is 4.79 Å². The minimum Gasteiger partial charge on any atom is -0.399 e. The molecule has 2 rings (SSSR count). The zero-order valence-corrected chi connectivity index (χ0v) is 13.5. The minimum absolute atomic E-state index is 0.0335. The molecule has 4 heteroatoms. The van der Waals surface area contributed by atoms with Gasteiger partial charge in [-0.15, -0.1) is 0 Å². The van der Waals surface area contributed by atoms with Gasteiger partial charge in [-0.05, 0) is 77.4 Å². The Hall–Kier alpha value is -1.56. The Morgan fingerprint density at radius 1 is 1.20 bits per heavy atom. The van der Waals surface area contributed by atoms with Crippen molar-refractivity contribution < 1.29 is 4.79 Å². The monoisotopic (exact) mass is 380 g/mol. The Morgan fingerprint density at radius 3 is 2.55 bits per heavy atom. The van der Waals surface area contributed by atoms with Crippen LogP contribution < -0.4 is 11.1 Å². The van der Waals surface area contributed by atoms with Gasteiger partial charge in [0.25, 0.3) is 0 Å². The van der Waals surface area contributed by atoms with E-state index in [1.807, 2.05) is 43.3 Å². The predicted octanol–water partition coefficient (Wildman–Crippen LogP) is 3.75. The van der Waals surface area contributed by atoms with Crippen LogP contribution in [0.3, 0.4) is 0 Å². The van der Waals surface area contributed by atoms with Crippen LogP contribution in [0, 0.1) is 10.5 Å². The fourth-order valence-electron chi connectivity index (χ4n) is 1.92. The molecule has 0 saturated carbocycles. The molecule has 3 nitrogen and oxygen atoms in total. The van der Waals surface area contributed by atoms with Crippen LogP contribution in [0.5, 0.6) is 0 Å². The van der Waals surface area contributed by atoms with Crippen LogP contribution in [0.25, 0.3) is 0 Å². The third-order valence-corrected chi connectivity index (χ3v) is 3.75. The van der Waals surface area contributed by atoms with E-state index in [0.29, 0.717) is 6.42 Å². The summed E-state index contributed by atoms with van der Waals surface area (Å²) < 4.78 is 1.17. The SMILES string of the molecule is Cc1cc(I)ccc1NC(=O)CCc1ccc(N)cc1. The summed E-state index contributed by atoms with van der Waals surface area (Å²) in [5.74, 6) is 0.0335. The van der Waals surface area contributed by atoms with E-state index in [1.165, 1.54) is 3.57 Å². The summed E-state index contributed by atoms with van der Waals surface area (Å²) in [5, 5.41) is 2.95. The summed E-state index contributed by atoms with van der Waals surface area (Å²) in [6, 6.07) is 13.6. The topological polar surface area (TPSA) is 55.1 Å². The van der Waals surface area contributed by atoms with Crippen LogP contribution in [0.1, 0.15) is 17.5 Å². The van der Waals surface area contributed by atoms with Crippen molar-refractivity contribution in [3.8, 4) is 0 Å². The van der Waals surface area contributed by atoms with E-state index in [4.69, 9.17) is 5.73 Å². The highest BCUT2D eigenvalue weighted by atomic mass is 127. The summed E-state index contributed by atoms with van der Waals surface area (Å²) in [6.07, 6.45) is 1.19. The number of nitrogen functional groups attached to an aromatic ring is 1. The number of carbonyl (C=O) groups excluding carboxylic acids is 1.